The Balaban J connectivity index is 0.000000201. The van der Waals surface area contributed by atoms with E-state index in [0.29, 0.717) is 17.8 Å². The molecule has 0 aliphatic heterocycles. The molecule has 2 aromatic carbocycles. The summed E-state index contributed by atoms with van der Waals surface area (Å²) in [6.45, 7) is -0.528. The molecular formula is C38H42F2N6O5. The van der Waals surface area contributed by atoms with Crippen molar-refractivity contribution in [3.05, 3.63) is 107 Å². The molecule has 268 valence electrons. The van der Waals surface area contributed by atoms with Crippen molar-refractivity contribution in [3.63, 3.8) is 0 Å². The molecule has 0 radical (unpaired) electrons. The van der Waals surface area contributed by atoms with Gasteiger partial charge in [0.15, 0.2) is 11.6 Å². The van der Waals surface area contributed by atoms with Crippen LogP contribution in [0, 0.1) is 0 Å². The van der Waals surface area contributed by atoms with Gasteiger partial charge in [-0.05, 0) is 61.1 Å². The number of rotatable bonds is 14. The van der Waals surface area contributed by atoms with E-state index in [2.05, 4.69) is 44.2 Å². The first-order chi connectivity index (χ1) is 24.6. The fourth-order valence-corrected chi connectivity index (χ4v) is 6.48. The number of amides is 1. The van der Waals surface area contributed by atoms with Gasteiger partial charge in [-0.3, -0.25) is 14.4 Å². The summed E-state index contributed by atoms with van der Waals surface area (Å²) in [5, 5.41) is 1.88. The zero-order valence-electron chi connectivity index (χ0n) is 28.7. The van der Waals surface area contributed by atoms with Crippen LogP contribution in [0.1, 0.15) is 82.0 Å². The van der Waals surface area contributed by atoms with Gasteiger partial charge in [0.1, 0.15) is 23.1 Å². The van der Waals surface area contributed by atoms with E-state index in [0.717, 1.165) is 55.8 Å². The topological polar surface area (TPSA) is 159 Å². The van der Waals surface area contributed by atoms with Crippen LogP contribution in [0.3, 0.4) is 0 Å². The summed E-state index contributed by atoms with van der Waals surface area (Å²) in [4.78, 5) is 51.6. The molecule has 13 heteroatoms. The first-order valence-electron chi connectivity index (χ1n) is 16.8. The molecule has 0 spiro atoms. The minimum Gasteiger partial charge on any atom is -0.497 e. The number of alkyl halides is 2. The third-order valence-electron chi connectivity index (χ3n) is 9.88. The van der Waals surface area contributed by atoms with Gasteiger partial charge in [0.05, 0.1) is 38.4 Å². The highest BCUT2D eigenvalue weighted by molar-refractivity contribution is 5.99. The number of aromatic nitrogens is 4. The minimum atomic E-state index is -3.15. The van der Waals surface area contributed by atoms with Gasteiger partial charge >= 0.3 is 6.43 Å². The largest absolute Gasteiger partial charge is 0.497 e. The second-order valence-electron chi connectivity index (χ2n) is 12.9. The Kier molecular flexibility index (Phi) is 12.1. The highest BCUT2D eigenvalue weighted by Crippen LogP contribution is 2.47. The van der Waals surface area contributed by atoms with E-state index >= 15 is 0 Å². The zero-order valence-corrected chi connectivity index (χ0v) is 28.7. The molecule has 0 atom stereocenters. The predicted octanol–water partition coefficient (Wildman–Crippen LogP) is 5.00. The minimum absolute atomic E-state index is 0.0154. The van der Waals surface area contributed by atoms with Crippen LogP contribution >= 0.6 is 0 Å². The van der Waals surface area contributed by atoms with E-state index in [-0.39, 0.29) is 28.7 Å². The number of hydrogen-bond acceptors (Lipinski definition) is 10. The number of hydrogen-bond donors (Lipinski definition) is 2. The van der Waals surface area contributed by atoms with E-state index < -0.39 is 24.7 Å². The number of methoxy groups -OCH3 is 2. The van der Waals surface area contributed by atoms with Crippen molar-refractivity contribution in [2.75, 3.05) is 27.3 Å². The van der Waals surface area contributed by atoms with Crippen LogP contribution in [-0.4, -0.2) is 71.1 Å². The van der Waals surface area contributed by atoms with Crippen LogP contribution in [0.25, 0.3) is 0 Å². The number of halogens is 2. The quantitative estimate of drug-likeness (QED) is 0.171. The Morgan fingerprint density at radius 3 is 1.41 bits per heavy atom. The van der Waals surface area contributed by atoms with Crippen LogP contribution in [0.5, 0.6) is 11.5 Å². The molecule has 4 aromatic rings. The molecule has 0 saturated heterocycles. The number of nitrogens with two attached hydrogens (primary N) is 1. The average molecular weight is 701 g/mol. The number of ketones is 2. The molecule has 2 fully saturated rings. The Morgan fingerprint density at radius 2 is 1.10 bits per heavy atom. The van der Waals surface area contributed by atoms with Gasteiger partial charge in [0, 0.05) is 48.5 Å². The summed E-state index contributed by atoms with van der Waals surface area (Å²) < 4.78 is 34.8. The Bertz CT molecular complexity index is 1780. The Morgan fingerprint density at radius 1 is 0.706 bits per heavy atom. The van der Waals surface area contributed by atoms with Crippen molar-refractivity contribution in [1.29, 1.82) is 0 Å². The molecule has 2 aromatic heterocycles. The van der Waals surface area contributed by atoms with Crippen LogP contribution in [0.2, 0.25) is 0 Å². The SMILES string of the molecule is COc1ccc(C2(Cc3ncc(C(=O)CN)cn3)CCC2)cc1.COc1ccc(C2(Cc3ncc(C(=O)CNC(=O)C(F)F)cn3)CCC2)cc1. The third kappa shape index (κ3) is 8.95. The molecule has 11 nitrogen and oxygen atoms in total. The number of benzene rings is 2. The fourth-order valence-electron chi connectivity index (χ4n) is 6.48. The lowest BCUT2D eigenvalue weighted by atomic mass is 9.62. The van der Waals surface area contributed by atoms with E-state index in [9.17, 15) is 23.2 Å². The molecule has 2 aliphatic carbocycles. The van der Waals surface area contributed by atoms with E-state index in [1.165, 1.54) is 29.9 Å². The van der Waals surface area contributed by atoms with Crippen molar-refractivity contribution in [2.45, 2.75) is 68.6 Å². The van der Waals surface area contributed by atoms with Gasteiger partial charge in [0.2, 0.25) is 0 Å². The van der Waals surface area contributed by atoms with Crippen molar-refractivity contribution in [2.24, 2.45) is 5.73 Å². The lowest BCUT2D eigenvalue weighted by Gasteiger charge is -2.42. The van der Waals surface area contributed by atoms with E-state index in [1.54, 1.807) is 26.6 Å². The summed E-state index contributed by atoms with van der Waals surface area (Å²) in [5.41, 5.74) is 8.59. The van der Waals surface area contributed by atoms with Crippen LogP contribution in [0.4, 0.5) is 8.78 Å². The summed E-state index contributed by atoms with van der Waals surface area (Å²) in [6.07, 6.45) is 10.9. The second-order valence-corrected chi connectivity index (χ2v) is 12.9. The highest BCUT2D eigenvalue weighted by Gasteiger charge is 2.40. The Labute approximate surface area is 295 Å². The van der Waals surface area contributed by atoms with Crippen molar-refractivity contribution in [1.82, 2.24) is 25.3 Å². The maximum atomic E-state index is 12.2. The summed E-state index contributed by atoms with van der Waals surface area (Å²) in [5.74, 6) is 0.926. The summed E-state index contributed by atoms with van der Waals surface area (Å²) in [6, 6.07) is 16.2. The average Bonchev–Trinajstić information content (AvgIpc) is 3.14. The van der Waals surface area contributed by atoms with Gasteiger partial charge in [-0.25, -0.2) is 19.9 Å². The van der Waals surface area contributed by atoms with Gasteiger partial charge in [0.25, 0.3) is 5.91 Å². The molecule has 2 saturated carbocycles. The molecule has 1 amide bonds. The van der Waals surface area contributed by atoms with E-state index in [4.69, 9.17) is 15.2 Å². The summed E-state index contributed by atoms with van der Waals surface area (Å²) in [7, 11) is 3.30. The molecule has 0 unspecified atom stereocenters. The van der Waals surface area contributed by atoms with Crippen LogP contribution < -0.4 is 20.5 Å². The molecule has 0 bridgehead atoms. The predicted molar refractivity (Wildman–Crippen MR) is 185 cm³/mol. The lowest BCUT2D eigenvalue weighted by Crippen LogP contribution is -2.37. The number of ether oxygens (including phenoxy) is 2. The molecule has 2 heterocycles. The first kappa shape index (κ1) is 37.1. The smallest absolute Gasteiger partial charge is 0.315 e. The molecule has 3 N–H and O–H groups in total. The molecule has 6 rings (SSSR count). The second kappa shape index (κ2) is 16.7. The van der Waals surface area contributed by atoms with Crippen molar-refractivity contribution >= 4 is 17.5 Å². The van der Waals surface area contributed by atoms with Crippen molar-refractivity contribution < 1.29 is 32.6 Å². The van der Waals surface area contributed by atoms with E-state index in [1.807, 2.05) is 29.6 Å². The number of carbonyl (C=O) groups excluding carboxylic acids is 3. The van der Waals surface area contributed by atoms with Gasteiger partial charge in [-0.2, -0.15) is 8.78 Å². The van der Waals surface area contributed by atoms with Crippen LogP contribution in [0.15, 0.2) is 73.3 Å². The monoisotopic (exact) mass is 700 g/mol. The standard InChI is InChI=1S/C20H21F2N3O3.C18H21N3O2/c1-28-15-5-3-14(4-6-15)20(7-2-8-20)9-17-23-10-13(11-24-17)16(26)12-25-19(27)18(21)22;1-23-15-5-3-14(4-6-15)18(7-2-8-18)9-17-20-11-13(12-21-17)16(22)10-19/h3-6,10-11,18H,2,7-9,12H2,1H3,(H,25,27);3-6,11-12H,2,7-10,19H2,1H3. The normalized spacial score (nSPS) is 15.3. The van der Waals surface area contributed by atoms with Crippen molar-refractivity contribution in [3.8, 4) is 11.5 Å². The van der Waals surface area contributed by atoms with Gasteiger partial charge in [-0.1, -0.05) is 37.1 Å². The molecule has 51 heavy (non-hydrogen) atoms. The van der Waals surface area contributed by atoms with Gasteiger partial charge in [-0.15, -0.1) is 0 Å². The number of Topliss-reactive ketones (excluding diaryl/α,β-unsaturated/α-hetero) is 2. The maximum Gasteiger partial charge on any atom is 0.315 e. The number of carbonyl (C=O) groups is 3. The van der Waals surface area contributed by atoms with Crippen LogP contribution in [-0.2, 0) is 28.5 Å². The molecule has 2 aliphatic rings. The number of nitrogens with zero attached hydrogens (tertiary/aromatic N) is 4. The fraction of sp³-hybridized carbons (Fsp3) is 0.395. The van der Waals surface area contributed by atoms with Gasteiger partial charge < -0.3 is 20.5 Å². The third-order valence-corrected chi connectivity index (χ3v) is 9.88. The first-order valence-corrected chi connectivity index (χ1v) is 16.8. The summed E-state index contributed by atoms with van der Waals surface area (Å²) >= 11 is 0. The molecular weight excluding hydrogens is 658 g/mol. The highest BCUT2D eigenvalue weighted by atomic mass is 19.3. The number of nitrogens with one attached hydrogen (secondary N) is 1. The lowest BCUT2D eigenvalue weighted by molar-refractivity contribution is -0.131. The zero-order chi connectivity index (χ0) is 36.4. The maximum absolute atomic E-state index is 12.2. The Hall–Kier alpha value is -5.17.